The number of hydrogen-bond donors (Lipinski definition) is 4. The molecule has 184 valence electrons. The lowest BCUT2D eigenvalue weighted by Crippen LogP contribution is -2.83. The molecule has 2 aliphatic heterocycles. The predicted octanol–water partition coefficient (Wildman–Crippen LogP) is -4.35. The summed E-state index contributed by atoms with van der Waals surface area (Å²) in [6.45, 7) is -2.12. The van der Waals surface area contributed by atoms with E-state index in [0.29, 0.717) is 0 Å². The van der Waals surface area contributed by atoms with Crippen LogP contribution < -0.4 is 21.3 Å². The van der Waals surface area contributed by atoms with E-state index in [2.05, 4.69) is 30.7 Å². The van der Waals surface area contributed by atoms with Gasteiger partial charge in [0.15, 0.2) is 0 Å². The highest BCUT2D eigenvalue weighted by atomic mass is 16.5. The maximum absolute atomic E-state index is 12.5. The number of esters is 2. The van der Waals surface area contributed by atoms with E-state index in [0.717, 1.165) is 24.0 Å². The highest BCUT2D eigenvalue weighted by Crippen LogP contribution is 2.45. The van der Waals surface area contributed by atoms with E-state index in [1.807, 2.05) is 0 Å². The smallest absolute Gasteiger partial charge is 0.325 e. The molecule has 4 N–H and O–H groups in total. The maximum Gasteiger partial charge on any atom is 0.325 e. The van der Waals surface area contributed by atoms with Crippen molar-refractivity contribution in [3.8, 4) is 0 Å². The van der Waals surface area contributed by atoms with Gasteiger partial charge in [-0.1, -0.05) is 0 Å². The summed E-state index contributed by atoms with van der Waals surface area (Å²) in [6.07, 6.45) is 0. The lowest BCUT2D eigenvalue weighted by atomic mass is 9.60. The van der Waals surface area contributed by atoms with E-state index >= 15 is 0 Å². The monoisotopic (exact) mass is 482 g/mol. The summed E-state index contributed by atoms with van der Waals surface area (Å²) >= 11 is 0. The quantitative estimate of drug-likeness (QED) is 0.244. The second-order valence-electron chi connectivity index (χ2n) is 7.58. The number of hydrogen-bond acceptors (Lipinski definition) is 10. The minimum atomic E-state index is -1.08. The molecule has 3 fully saturated rings. The highest BCUT2D eigenvalue weighted by Gasteiger charge is 2.67. The van der Waals surface area contributed by atoms with Crippen molar-refractivity contribution >= 4 is 47.6 Å². The fourth-order valence-corrected chi connectivity index (χ4v) is 4.15. The van der Waals surface area contributed by atoms with Gasteiger partial charge in [-0.2, -0.15) is 0 Å². The van der Waals surface area contributed by atoms with Gasteiger partial charge in [0.1, 0.15) is 26.2 Å². The van der Waals surface area contributed by atoms with Gasteiger partial charge in [-0.15, -0.1) is 0 Å². The third-order valence-corrected chi connectivity index (χ3v) is 5.72. The molecule has 0 spiro atoms. The molecule has 2 saturated heterocycles. The normalized spacial score (nSPS) is 25.1. The second-order valence-corrected chi connectivity index (χ2v) is 7.58. The molecule has 0 radical (unpaired) electrons. The molecule has 0 aromatic heterocycles. The van der Waals surface area contributed by atoms with Gasteiger partial charge in [0.2, 0.25) is 23.6 Å². The van der Waals surface area contributed by atoms with Crippen LogP contribution in [0, 0.1) is 11.8 Å². The summed E-state index contributed by atoms with van der Waals surface area (Å²) in [5.74, 6) is -6.66. The van der Waals surface area contributed by atoms with E-state index in [-0.39, 0.29) is 0 Å². The van der Waals surface area contributed by atoms with Crippen molar-refractivity contribution in [2.45, 2.75) is 12.1 Å². The van der Waals surface area contributed by atoms with Crippen molar-refractivity contribution < 1.29 is 47.8 Å². The molecule has 34 heavy (non-hydrogen) atoms. The van der Waals surface area contributed by atoms with Crippen molar-refractivity contribution in [1.82, 2.24) is 31.1 Å². The number of carbonyl (C=O) groups excluding carboxylic acids is 8. The molecule has 3 rings (SSSR count). The van der Waals surface area contributed by atoms with E-state index in [4.69, 9.17) is 0 Å². The third kappa shape index (κ3) is 4.60. The van der Waals surface area contributed by atoms with Gasteiger partial charge < -0.3 is 29.9 Å². The number of amides is 8. The molecule has 16 heteroatoms. The maximum atomic E-state index is 12.5. The highest BCUT2D eigenvalue weighted by molar-refractivity contribution is 6.08. The zero-order chi connectivity index (χ0) is 25.2. The number of imide groups is 2. The summed E-state index contributed by atoms with van der Waals surface area (Å²) in [5, 5.41) is 8.63. The Morgan fingerprint density at radius 3 is 1.41 bits per heavy atom. The number of rotatable bonds is 8. The summed E-state index contributed by atoms with van der Waals surface area (Å²) in [6, 6.07) is -4.05. The van der Waals surface area contributed by atoms with Crippen LogP contribution in [0.15, 0.2) is 0 Å². The minimum absolute atomic E-state index is 0.461. The van der Waals surface area contributed by atoms with Crippen LogP contribution in [-0.4, -0.2) is 110 Å². The number of nitrogens with one attached hydrogen (secondary N) is 4. The molecule has 16 nitrogen and oxygen atoms in total. The van der Waals surface area contributed by atoms with Gasteiger partial charge in [-0.25, -0.2) is 9.59 Å². The molecular formula is C18H22N6O10. The van der Waals surface area contributed by atoms with Crippen molar-refractivity contribution in [3.63, 3.8) is 0 Å². The molecule has 4 atom stereocenters. The van der Waals surface area contributed by atoms with Gasteiger partial charge >= 0.3 is 24.0 Å². The van der Waals surface area contributed by atoms with E-state index in [1.54, 1.807) is 0 Å². The van der Waals surface area contributed by atoms with Crippen LogP contribution in [-0.2, 0) is 38.2 Å². The van der Waals surface area contributed by atoms with Crippen molar-refractivity contribution in [1.29, 1.82) is 0 Å². The number of urea groups is 2. The van der Waals surface area contributed by atoms with E-state index < -0.39 is 97.7 Å². The Kier molecular flexibility index (Phi) is 6.97. The van der Waals surface area contributed by atoms with E-state index in [9.17, 15) is 38.4 Å². The SMILES string of the molecule is COC(=O)CNC(=O)CN1C(=O)NC(=O)[C@@H]2[C@H]3C(=O)NC(=O)N(CC(=O)NCC(=O)OC)[C@H]3[C@@H]21. The van der Waals surface area contributed by atoms with Gasteiger partial charge in [0.25, 0.3) is 0 Å². The number of carbonyl (C=O) groups is 8. The molecule has 0 bridgehead atoms. The second kappa shape index (κ2) is 9.72. The first-order valence-corrected chi connectivity index (χ1v) is 9.99. The Balaban J connectivity index is 1.79. The average molecular weight is 482 g/mol. The van der Waals surface area contributed by atoms with Crippen LogP contribution in [0.4, 0.5) is 9.59 Å². The van der Waals surface area contributed by atoms with Crippen LogP contribution in [0.1, 0.15) is 0 Å². The molecule has 0 aromatic carbocycles. The minimum Gasteiger partial charge on any atom is -0.468 e. The van der Waals surface area contributed by atoms with Crippen molar-refractivity contribution in [2.75, 3.05) is 40.4 Å². The van der Waals surface area contributed by atoms with Gasteiger partial charge in [-0.3, -0.25) is 39.4 Å². The van der Waals surface area contributed by atoms with Gasteiger partial charge in [0.05, 0.1) is 38.1 Å². The summed E-state index contributed by atoms with van der Waals surface area (Å²) in [7, 11) is 2.25. The van der Waals surface area contributed by atoms with Gasteiger partial charge in [-0.05, 0) is 0 Å². The fraction of sp³-hybridized carbons (Fsp3) is 0.556. The zero-order valence-corrected chi connectivity index (χ0v) is 18.1. The Labute approximate surface area is 191 Å². The van der Waals surface area contributed by atoms with Crippen LogP contribution in [0.3, 0.4) is 0 Å². The first-order valence-electron chi connectivity index (χ1n) is 9.99. The van der Waals surface area contributed by atoms with Crippen molar-refractivity contribution in [3.05, 3.63) is 0 Å². The number of ether oxygens (including phenoxy) is 2. The van der Waals surface area contributed by atoms with Crippen LogP contribution in [0.5, 0.6) is 0 Å². The summed E-state index contributed by atoms with van der Waals surface area (Å²) < 4.78 is 8.83. The first kappa shape index (κ1) is 24.4. The molecule has 8 amide bonds. The summed E-state index contributed by atoms with van der Waals surface area (Å²) in [5.41, 5.74) is 0. The number of fused-ring (bicyclic) bond motifs is 4. The van der Waals surface area contributed by atoms with Crippen molar-refractivity contribution in [2.24, 2.45) is 11.8 Å². The molecule has 3 aliphatic rings. The topological polar surface area (TPSA) is 210 Å². The standard InChI is InChI=1S/C18H22N6O10/c1-33-9(27)3-19-7(25)5-23-13-11(15(29)21-17(23)31)12-14(13)24(18(32)22-16(12)30)6-8(26)20-4-10(28)34-2/h11-14H,3-6H2,1-2H3,(H,19,25)(H,20,26)(H,21,29,31)(H,22,30,32)/t11-,12-,13-,14-/m1/s1. The van der Waals surface area contributed by atoms with Crippen LogP contribution in [0.25, 0.3) is 0 Å². The Morgan fingerprint density at radius 1 is 0.735 bits per heavy atom. The first-order chi connectivity index (χ1) is 16.1. The lowest BCUT2D eigenvalue weighted by Gasteiger charge is -2.60. The fourth-order valence-electron chi connectivity index (χ4n) is 4.15. The van der Waals surface area contributed by atoms with Crippen LogP contribution in [0.2, 0.25) is 0 Å². The third-order valence-electron chi connectivity index (χ3n) is 5.72. The number of methoxy groups -OCH3 is 2. The largest absolute Gasteiger partial charge is 0.468 e. The van der Waals surface area contributed by atoms with E-state index in [1.165, 1.54) is 0 Å². The molecule has 1 aliphatic carbocycles. The summed E-state index contributed by atoms with van der Waals surface area (Å²) in [4.78, 5) is 98.8. The molecular weight excluding hydrogens is 460 g/mol. The Bertz CT molecular complexity index is 891. The zero-order valence-electron chi connectivity index (χ0n) is 18.1. The number of nitrogens with zero attached hydrogens (tertiary/aromatic N) is 2. The molecule has 0 aromatic rings. The lowest BCUT2D eigenvalue weighted by molar-refractivity contribution is -0.164. The molecule has 0 unspecified atom stereocenters. The van der Waals surface area contributed by atoms with Gasteiger partial charge in [0, 0.05) is 0 Å². The Hall–Kier alpha value is -4.24. The average Bonchev–Trinajstić information content (AvgIpc) is 2.77. The predicted molar refractivity (Wildman–Crippen MR) is 105 cm³/mol. The molecule has 2 heterocycles. The van der Waals surface area contributed by atoms with Crippen LogP contribution >= 0.6 is 0 Å². The molecule has 1 saturated carbocycles. The Morgan fingerprint density at radius 2 is 1.09 bits per heavy atom.